The summed E-state index contributed by atoms with van der Waals surface area (Å²) in [7, 11) is 1.72. The maximum Gasteiger partial charge on any atom is 0.185 e. The van der Waals surface area contributed by atoms with Crippen LogP contribution in [0.2, 0.25) is 0 Å². The normalized spacial score (nSPS) is 11.0. The lowest BCUT2D eigenvalue weighted by molar-refractivity contribution is 0.154. The van der Waals surface area contributed by atoms with Crippen molar-refractivity contribution in [1.82, 2.24) is 10.3 Å². The van der Waals surface area contributed by atoms with Crippen LogP contribution in [0.4, 0.5) is 5.13 Å². The lowest BCUT2D eigenvalue weighted by Crippen LogP contribution is -2.27. The molecule has 0 atom stereocenters. The van der Waals surface area contributed by atoms with Gasteiger partial charge in [0.1, 0.15) is 0 Å². The fraction of sp³-hybridized carbons (Fsp3) is 0.800. The summed E-state index contributed by atoms with van der Waals surface area (Å²) in [5.41, 5.74) is 1.05. The molecule has 1 aromatic heterocycles. The lowest BCUT2D eigenvalue weighted by Gasteiger charge is -2.19. The van der Waals surface area contributed by atoms with Gasteiger partial charge < -0.3 is 19.7 Å². The van der Waals surface area contributed by atoms with Gasteiger partial charge >= 0.3 is 0 Å². The number of likely N-dealkylation sites (N-methyl/N-ethyl adjacent to an activating group) is 1. The average Bonchev–Trinajstić information content (AvgIpc) is 2.87. The Hall–Kier alpha value is -0.690. The van der Waals surface area contributed by atoms with Crippen LogP contribution in [0, 0.1) is 0 Å². The number of methoxy groups -OCH3 is 1. The van der Waals surface area contributed by atoms with E-state index in [1.165, 1.54) is 4.88 Å². The molecule has 0 saturated carbocycles. The Morgan fingerprint density at radius 1 is 1.29 bits per heavy atom. The monoisotopic (exact) mass is 315 g/mol. The predicted molar refractivity (Wildman–Crippen MR) is 89.2 cm³/mol. The van der Waals surface area contributed by atoms with Crippen LogP contribution in [-0.2, 0) is 22.6 Å². The maximum absolute atomic E-state index is 5.45. The molecule has 0 aliphatic carbocycles. The van der Waals surface area contributed by atoms with E-state index in [9.17, 15) is 0 Å². The van der Waals surface area contributed by atoms with Crippen LogP contribution in [-0.4, -0.2) is 44.9 Å². The summed E-state index contributed by atoms with van der Waals surface area (Å²) in [4.78, 5) is 8.29. The predicted octanol–water partition coefficient (Wildman–Crippen LogP) is 2.65. The number of nitrogens with zero attached hydrogens (tertiary/aromatic N) is 2. The summed E-state index contributed by atoms with van der Waals surface area (Å²) in [5, 5.41) is 4.51. The summed E-state index contributed by atoms with van der Waals surface area (Å²) in [6.07, 6.45) is 1.14. The van der Waals surface area contributed by atoms with Gasteiger partial charge in [0.05, 0.1) is 18.9 Å². The van der Waals surface area contributed by atoms with E-state index in [0.29, 0.717) is 6.61 Å². The number of anilines is 1. The number of nitrogens with one attached hydrogen (secondary N) is 1. The minimum Gasteiger partial charge on any atom is -0.380 e. The van der Waals surface area contributed by atoms with E-state index < -0.39 is 0 Å². The molecule has 0 radical (unpaired) electrons. The molecule has 0 unspecified atom stereocenters. The number of rotatable bonds is 12. The molecule has 1 heterocycles. The minimum atomic E-state index is 0.572. The molecule has 21 heavy (non-hydrogen) atoms. The van der Waals surface area contributed by atoms with E-state index >= 15 is 0 Å². The Balaban J connectivity index is 2.72. The van der Waals surface area contributed by atoms with E-state index in [0.717, 1.165) is 56.6 Å². The molecule has 0 bridgehead atoms. The number of ether oxygens (including phenoxy) is 2. The van der Waals surface area contributed by atoms with Crippen LogP contribution in [0.5, 0.6) is 0 Å². The van der Waals surface area contributed by atoms with Crippen molar-refractivity contribution in [2.45, 2.75) is 40.3 Å². The largest absolute Gasteiger partial charge is 0.380 e. The Kier molecular flexibility index (Phi) is 9.58. The highest BCUT2D eigenvalue weighted by Crippen LogP contribution is 2.27. The summed E-state index contributed by atoms with van der Waals surface area (Å²) in [6, 6.07) is 0. The number of hydrogen-bond donors (Lipinski definition) is 1. The van der Waals surface area contributed by atoms with Crippen LogP contribution in [0.1, 0.15) is 37.8 Å². The molecule has 0 saturated heterocycles. The van der Waals surface area contributed by atoms with Gasteiger partial charge in [-0.1, -0.05) is 6.92 Å². The first-order valence-electron chi connectivity index (χ1n) is 7.77. The molecule has 0 aliphatic rings. The van der Waals surface area contributed by atoms with Gasteiger partial charge in [-0.2, -0.15) is 0 Å². The molecule has 1 N–H and O–H groups in total. The van der Waals surface area contributed by atoms with Crippen LogP contribution in [0.25, 0.3) is 0 Å². The van der Waals surface area contributed by atoms with Gasteiger partial charge in [-0.15, -0.1) is 11.3 Å². The van der Waals surface area contributed by atoms with Gasteiger partial charge in [-0.05, 0) is 26.8 Å². The first kappa shape index (κ1) is 18.4. The zero-order valence-corrected chi connectivity index (χ0v) is 14.6. The van der Waals surface area contributed by atoms with Crippen molar-refractivity contribution in [2.24, 2.45) is 0 Å². The molecular formula is C15H29N3O2S. The Morgan fingerprint density at radius 2 is 2.10 bits per heavy atom. The fourth-order valence-corrected chi connectivity index (χ4v) is 3.10. The van der Waals surface area contributed by atoms with Gasteiger partial charge in [0, 0.05) is 38.2 Å². The standard InChI is InChI=1S/C15H29N3O2S/c1-5-8-16-11-14-13(12-19-4)17-15(21-14)18(6-2)9-10-20-7-3/h16H,5-12H2,1-4H3. The molecule has 0 fully saturated rings. The van der Waals surface area contributed by atoms with Crippen molar-refractivity contribution in [3.05, 3.63) is 10.6 Å². The average molecular weight is 315 g/mol. The third kappa shape index (κ3) is 6.30. The molecule has 0 aliphatic heterocycles. The highest BCUT2D eigenvalue weighted by molar-refractivity contribution is 7.15. The smallest absolute Gasteiger partial charge is 0.185 e. The zero-order chi connectivity index (χ0) is 15.5. The number of hydrogen-bond acceptors (Lipinski definition) is 6. The molecule has 0 amide bonds. The summed E-state index contributed by atoms with van der Waals surface area (Å²) in [5.74, 6) is 0. The van der Waals surface area contributed by atoms with Gasteiger partial charge in [0.2, 0.25) is 0 Å². The SMILES string of the molecule is CCCNCc1sc(N(CC)CCOCC)nc1COC. The van der Waals surface area contributed by atoms with Crippen LogP contribution in [0.15, 0.2) is 0 Å². The minimum absolute atomic E-state index is 0.572. The second-order valence-corrected chi connectivity index (χ2v) is 5.81. The third-order valence-electron chi connectivity index (χ3n) is 3.12. The topological polar surface area (TPSA) is 46.6 Å². The summed E-state index contributed by atoms with van der Waals surface area (Å²) >= 11 is 1.76. The molecule has 0 spiro atoms. The van der Waals surface area contributed by atoms with Gasteiger partial charge in [0.25, 0.3) is 0 Å². The van der Waals surface area contributed by atoms with Crippen LogP contribution >= 0.6 is 11.3 Å². The highest BCUT2D eigenvalue weighted by atomic mass is 32.1. The molecular weight excluding hydrogens is 286 g/mol. The van der Waals surface area contributed by atoms with Gasteiger partial charge in [-0.25, -0.2) is 4.98 Å². The molecule has 122 valence electrons. The Morgan fingerprint density at radius 3 is 2.71 bits per heavy atom. The first-order chi connectivity index (χ1) is 10.3. The van der Waals surface area contributed by atoms with E-state index in [4.69, 9.17) is 14.5 Å². The molecule has 5 nitrogen and oxygen atoms in total. The van der Waals surface area contributed by atoms with Crippen molar-refractivity contribution >= 4 is 16.5 Å². The number of thiazole rings is 1. The van der Waals surface area contributed by atoms with E-state index in [2.05, 4.69) is 24.1 Å². The van der Waals surface area contributed by atoms with Crippen LogP contribution in [0.3, 0.4) is 0 Å². The zero-order valence-electron chi connectivity index (χ0n) is 13.8. The molecule has 6 heteroatoms. The summed E-state index contributed by atoms with van der Waals surface area (Å²) < 4.78 is 10.7. The molecule has 0 aromatic carbocycles. The van der Waals surface area contributed by atoms with E-state index in [-0.39, 0.29) is 0 Å². The van der Waals surface area contributed by atoms with Crippen molar-refractivity contribution < 1.29 is 9.47 Å². The van der Waals surface area contributed by atoms with Crippen molar-refractivity contribution in [1.29, 1.82) is 0 Å². The van der Waals surface area contributed by atoms with Gasteiger partial charge in [-0.3, -0.25) is 0 Å². The van der Waals surface area contributed by atoms with Crippen molar-refractivity contribution in [3.63, 3.8) is 0 Å². The second kappa shape index (κ2) is 11.0. The third-order valence-corrected chi connectivity index (χ3v) is 4.28. The number of aromatic nitrogens is 1. The quantitative estimate of drug-likeness (QED) is 0.601. The second-order valence-electron chi connectivity index (χ2n) is 4.75. The first-order valence-corrected chi connectivity index (χ1v) is 8.59. The summed E-state index contributed by atoms with van der Waals surface area (Å²) in [6.45, 7) is 12.1. The Bertz CT molecular complexity index is 385. The van der Waals surface area contributed by atoms with E-state index in [1.54, 1.807) is 18.4 Å². The van der Waals surface area contributed by atoms with Crippen molar-refractivity contribution in [3.8, 4) is 0 Å². The van der Waals surface area contributed by atoms with Gasteiger partial charge in [0.15, 0.2) is 5.13 Å². The molecule has 1 aromatic rings. The fourth-order valence-electron chi connectivity index (χ4n) is 1.98. The maximum atomic E-state index is 5.45. The highest BCUT2D eigenvalue weighted by Gasteiger charge is 2.15. The molecule has 1 rings (SSSR count). The van der Waals surface area contributed by atoms with Crippen molar-refractivity contribution in [2.75, 3.05) is 44.9 Å². The van der Waals surface area contributed by atoms with Crippen LogP contribution < -0.4 is 10.2 Å². The van der Waals surface area contributed by atoms with E-state index in [1.807, 2.05) is 6.92 Å². The lowest BCUT2D eigenvalue weighted by atomic mass is 10.3. The Labute approximate surface area is 132 Å².